The van der Waals surface area contributed by atoms with Gasteiger partial charge >= 0.3 is 5.69 Å². The van der Waals surface area contributed by atoms with Gasteiger partial charge in [0, 0.05) is 18.6 Å². The molecule has 1 heterocycles. The Kier molecular flexibility index (Phi) is 3.73. The third-order valence-electron chi connectivity index (χ3n) is 5.02. The van der Waals surface area contributed by atoms with Crippen LogP contribution in [0.2, 0.25) is 0 Å². The first kappa shape index (κ1) is 15.2. The van der Waals surface area contributed by atoms with E-state index in [1.165, 1.54) is 25.7 Å². The van der Waals surface area contributed by atoms with Gasteiger partial charge in [0.25, 0.3) is 0 Å². The highest BCUT2D eigenvalue weighted by Crippen LogP contribution is 2.52. The molecular formula is C16H20BrClN2O. The second-order valence-electron chi connectivity index (χ2n) is 6.49. The molecule has 5 heteroatoms. The highest BCUT2D eigenvalue weighted by Gasteiger charge is 2.37. The Morgan fingerprint density at radius 3 is 2.29 bits per heavy atom. The molecule has 0 amide bonds. The van der Waals surface area contributed by atoms with Gasteiger partial charge in [-0.15, -0.1) is 11.6 Å². The van der Waals surface area contributed by atoms with Crippen LogP contribution in [0.3, 0.4) is 0 Å². The zero-order valence-electron chi connectivity index (χ0n) is 12.6. The van der Waals surface area contributed by atoms with E-state index in [1.807, 2.05) is 13.1 Å². The fourth-order valence-electron chi connectivity index (χ4n) is 3.54. The van der Waals surface area contributed by atoms with Crippen molar-refractivity contribution in [2.75, 3.05) is 0 Å². The Balaban J connectivity index is 2.17. The Bertz CT molecular complexity index is 756. The fourth-order valence-corrected chi connectivity index (χ4v) is 4.63. The standard InChI is InChI=1S/C16H20BrClN2O/c1-16(6-4-5-7-16)14(18)10-8-12-13(9-11(10)17)20(3)15(21)19(12)2/h8-9,14H,4-7H2,1-3H3. The van der Waals surface area contributed by atoms with Crippen LogP contribution in [-0.4, -0.2) is 9.13 Å². The molecule has 3 nitrogen and oxygen atoms in total. The van der Waals surface area contributed by atoms with E-state index in [0.717, 1.165) is 21.1 Å². The van der Waals surface area contributed by atoms with Crippen molar-refractivity contribution in [2.24, 2.45) is 19.5 Å². The van der Waals surface area contributed by atoms with Gasteiger partial charge in [-0.05, 0) is 36.0 Å². The van der Waals surface area contributed by atoms with Crippen LogP contribution < -0.4 is 5.69 Å². The lowest BCUT2D eigenvalue weighted by molar-refractivity contribution is 0.321. The highest BCUT2D eigenvalue weighted by atomic mass is 79.9. The topological polar surface area (TPSA) is 26.9 Å². The average molecular weight is 372 g/mol. The van der Waals surface area contributed by atoms with Crippen molar-refractivity contribution in [1.82, 2.24) is 9.13 Å². The molecule has 114 valence electrons. The normalized spacial score (nSPS) is 19.3. The number of nitrogens with zero attached hydrogens (tertiary/aromatic N) is 2. The number of halogens is 2. The maximum Gasteiger partial charge on any atom is 0.328 e. The van der Waals surface area contributed by atoms with Crippen molar-refractivity contribution in [3.63, 3.8) is 0 Å². The summed E-state index contributed by atoms with van der Waals surface area (Å²) in [5, 5.41) is -0.0333. The van der Waals surface area contributed by atoms with Gasteiger partial charge in [-0.2, -0.15) is 0 Å². The van der Waals surface area contributed by atoms with Gasteiger partial charge in [0.05, 0.1) is 16.4 Å². The number of fused-ring (bicyclic) bond motifs is 1. The third-order valence-corrected chi connectivity index (χ3v) is 6.47. The number of rotatable bonds is 2. The second kappa shape index (κ2) is 5.17. The lowest BCUT2D eigenvalue weighted by Crippen LogP contribution is -2.19. The van der Waals surface area contributed by atoms with E-state index in [9.17, 15) is 4.79 Å². The van der Waals surface area contributed by atoms with Crippen molar-refractivity contribution in [2.45, 2.75) is 38.0 Å². The van der Waals surface area contributed by atoms with E-state index in [1.54, 1.807) is 16.2 Å². The molecule has 1 aliphatic carbocycles. The summed E-state index contributed by atoms with van der Waals surface area (Å²) in [7, 11) is 3.61. The highest BCUT2D eigenvalue weighted by molar-refractivity contribution is 9.10. The average Bonchev–Trinajstić information content (AvgIpc) is 2.98. The number of benzene rings is 1. The Hall–Kier alpha value is -0.740. The molecule has 0 aliphatic heterocycles. The SMILES string of the molecule is Cn1c(=O)n(C)c2cc(C(Cl)C3(C)CCCC3)c(Br)cc21. The summed E-state index contributed by atoms with van der Waals surface area (Å²) in [6, 6.07) is 4.09. The summed E-state index contributed by atoms with van der Waals surface area (Å²) in [6.45, 7) is 2.28. The largest absolute Gasteiger partial charge is 0.328 e. The molecule has 1 aromatic carbocycles. The van der Waals surface area contributed by atoms with Crippen LogP contribution in [0.5, 0.6) is 0 Å². The van der Waals surface area contributed by atoms with E-state index in [0.29, 0.717) is 0 Å². The van der Waals surface area contributed by atoms with E-state index >= 15 is 0 Å². The first-order valence-electron chi connectivity index (χ1n) is 7.34. The number of hydrogen-bond acceptors (Lipinski definition) is 1. The van der Waals surface area contributed by atoms with Crippen molar-refractivity contribution in [3.8, 4) is 0 Å². The van der Waals surface area contributed by atoms with Crippen LogP contribution in [-0.2, 0) is 14.1 Å². The third kappa shape index (κ3) is 2.27. The van der Waals surface area contributed by atoms with E-state index in [2.05, 4.69) is 28.9 Å². The van der Waals surface area contributed by atoms with Crippen LogP contribution in [0.15, 0.2) is 21.4 Å². The summed E-state index contributed by atoms with van der Waals surface area (Å²) in [5.41, 5.74) is 3.10. The Labute approximate surface area is 138 Å². The molecular weight excluding hydrogens is 352 g/mol. The molecule has 0 bridgehead atoms. The lowest BCUT2D eigenvalue weighted by atomic mass is 9.81. The van der Waals surface area contributed by atoms with Crippen molar-refractivity contribution in [1.29, 1.82) is 0 Å². The minimum absolute atomic E-state index is 0.00718. The summed E-state index contributed by atoms with van der Waals surface area (Å²) >= 11 is 10.5. The van der Waals surface area contributed by atoms with Crippen molar-refractivity contribution >= 4 is 38.6 Å². The number of hydrogen-bond donors (Lipinski definition) is 0. The Morgan fingerprint density at radius 1 is 1.19 bits per heavy atom. The summed E-state index contributed by atoms with van der Waals surface area (Å²) in [6.07, 6.45) is 4.84. The second-order valence-corrected chi connectivity index (χ2v) is 7.78. The van der Waals surface area contributed by atoms with Gasteiger partial charge < -0.3 is 0 Å². The first-order valence-corrected chi connectivity index (χ1v) is 8.57. The smallest absolute Gasteiger partial charge is 0.295 e. The molecule has 1 atom stereocenters. The molecule has 0 spiro atoms. The molecule has 1 unspecified atom stereocenters. The van der Waals surface area contributed by atoms with Crippen LogP contribution in [0, 0.1) is 5.41 Å². The molecule has 3 rings (SSSR count). The molecule has 1 fully saturated rings. The van der Waals surface area contributed by atoms with Gasteiger partial charge in [0.2, 0.25) is 0 Å². The van der Waals surface area contributed by atoms with Crippen LogP contribution in [0.25, 0.3) is 11.0 Å². The zero-order valence-corrected chi connectivity index (χ0v) is 15.0. The van der Waals surface area contributed by atoms with Crippen LogP contribution in [0.1, 0.15) is 43.5 Å². The van der Waals surface area contributed by atoms with E-state index in [-0.39, 0.29) is 16.5 Å². The zero-order chi connectivity index (χ0) is 15.4. The number of aromatic nitrogens is 2. The molecule has 1 aromatic heterocycles. The maximum atomic E-state index is 12.1. The molecule has 1 saturated carbocycles. The predicted molar refractivity (Wildman–Crippen MR) is 91.0 cm³/mol. The van der Waals surface area contributed by atoms with Crippen LogP contribution in [0.4, 0.5) is 0 Å². The van der Waals surface area contributed by atoms with E-state index < -0.39 is 0 Å². The summed E-state index contributed by atoms with van der Waals surface area (Å²) in [4.78, 5) is 12.1. The first-order chi connectivity index (χ1) is 9.85. The van der Waals surface area contributed by atoms with E-state index in [4.69, 9.17) is 11.6 Å². The van der Waals surface area contributed by atoms with Gasteiger partial charge in [-0.25, -0.2) is 4.79 Å². The number of aryl methyl sites for hydroxylation is 2. The van der Waals surface area contributed by atoms with Crippen molar-refractivity contribution in [3.05, 3.63) is 32.7 Å². The minimum atomic E-state index is -0.0333. The van der Waals surface area contributed by atoms with Gasteiger partial charge in [-0.1, -0.05) is 35.7 Å². The molecule has 21 heavy (non-hydrogen) atoms. The maximum absolute atomic E-state index is 12.1. The fraction of sp³-hybridized carbons (Fsp3) is 0.562. The monoisotopic (exact) mass is 370 g/mol. The summed E-state index contributed by atoms with van der Waals surface area (Å²) < 4.78 is 4.35. The summed E-state index contributed by atoms with van der Waals surface area (Å²) in [5.74, 6) is 0. The quantitative estimate of drug-likeness (QED) is 0.714. The minimum Gasteiger partial charge on any atom is -0.295 e. The molecule has 0 saturated heterocycles. The molecule has 2 aromatic rings. The molecule has 1 aliphatic rings. The lowest BCUT2D eigenvalue weighted by Gasteiger charge is -2.30. The predicted octanol–water partition coefficient (Wildman–Crippen LogP) is 4.50. The van der Waals surface area contributed by atoms with Crippen molar-refractivity contribution < 1.29 is 0 Å². The number of alkyl halides is 1. The molecule has 0 N–H and O–H groups in total. The van der Waals surface area contributed by atoms with Gasteiger partial charge in [0.15, 0.2) is 0 Å². The number of imidazole rings is 1. The van der Waals surface area contributed by atoms with Gasteiger partial charge in [0.1, 0.15) is 0 Å². The molecule has 0 radical (unpaired) electrons. The van der Waals surface area contributed by atoms with Gasteiger partial charge in [-0.3, -0.25) is 9.13 Å². The van der Waals surface area contributed by atoms with Crippen LogP contribution >= 0.6 is 27.5 Å². The Morgan fingerprint density at radius 2 is 1.71 bits per heavy atom.